The van der Waals surface area contributed by atoms with Gasteiger partial charge in [-0.2, -0.15) is 5.10 Å². The van der Waals surface area contributed by atoms with Crippen molar-refractivity contribution < 1.29 is 14.3 Å². The first-order valence-electron chi connectivity index (χ1n) is 11.5. The maximum atomic E-state index is 12.5. The minimum absolute atomic E-state index is 0.0906. The number of ether oxygens (including phenoxy) is 1. The van der Waals surface area contributed by atoms with Crippen molar-refractivity contribution in [3.8, 4) is 0 Å². The van der Waals surface area contributed by atoms with E-state index < -0.39 is 5.60 Å². The van der Waals surface area contributed by atoms with Gasteiger partial charge in [0.25, 0.3) is 5.91 Å². The zero-order valence-corrected chi connectivity index (χ0v) is 21.0. The number of esters is 1. The Hall–Kier alpha value is -3.15. The van der Waals surface area contributed by atoms with Gasteiger partial charge < -0.3 is 10.1 Å². The van der Waals surface area contributed by atoms with Crippen molar-refractivity contribution in [3.63, 3.8) is 0 Å². The molecule has 0 atom stereocenters. The summed E-state index contributed by atoms with van der Waals surface area (Å²) in [5.74, 6) is -0.345. The summed E-state index contributed by atoms with van der Waals surface area (Å²) < 4.78 is 7.35. The van der Waals surface area contributed by atoms with Crippen LogP contribution in [0.15, 0.2) is 48.1 Å². The third kappa shape index (κ3) is 8.04. The summed E-state index contributed by atoms with van der Waals surface area (Å²) in [4.78, 5) is 24.8. The summed E-state index contributed by atoms with van der Waals surface area (Å²) in [6, 6.07) is 7.54. The SMILES string of the molecule is CC=CC=C(CC)CNC(=O)c1ccc(Cn2nc(C)c(CC(=O)OC(C)(C)C)c2C)cc1. The number of rotatable bonds is 9. The van der Waals surface area contributed by atoms with Crippen LogP contribution < -0.4 is 5.32 Å². The summed E-state index contributed by atoms with van der Waals surface area (Å²) >= 11 is 0. The second kappa shape index (κ2) is 11.6. The van der Waals surface area contributed by atoms with Gasteiger partial charge in [0.05, 0.1) is 18.7 Å². The van der Waals surface area contributed by atoms with E-state index in [1.54, 1.807) is 0 Å². The highest BCUT2D eigenvalue weighted by molar-refractivity contribution is 5.94. The standard InChI is InChI=1S/C27H37N3O3/c1-8-10-11-21(9-2)17-28-26(32)23-14-12-22(13-15-23)18-30-20(4)24(19(3)29-30)16-25(31)33-27(5,6)7/h8,10-15H,9,16-18H2,1-7H3,(H,28,32). The molecule has 33 heavy (non-hydrogen) atoms. The van der Waals surface area contributed by atoms with Crippen LogP contribution in [-0.2, 0) is 22.5 Å². The predicted molar refractivity (Wildman–Crippen MR) is 132 cm³/mol. The van der Waals surface area contributed by atoms with Crippen LogP contribution in [0.4, 0.5) is 0 Å². The number of carbonyl (C=O) groups is 2. The van der Waals surface area contributed by atoms with Crippen LogP contribution in [0.2, 0.25) is 0 Å². The van der Waals surface area contributed by atoms with Crippen molar-refractivity contribution in [3.05, 3.63) is 76.1 Å². The number of amides is 1. The number of nitrogens with zero attached hydrogens (tertiary/aromatic N) is 2. The molecule has 0 fully saturated rings. The molecule has 0 aliphatic rings. The number of hydrogen-bond acceptors (Lipinski definition) is 4. The molecule has 0 bridgehead atoms. The molecule has 0 radical (unpaired) electrons. The Morgan fingerprint density at radius 2 is 1.82 bits per heavy atom. The lowest BCUT2D eigenvalue weighted by molar-refractivity contribution is -0.153. The molecule has 1 heterocycles. The Morgan fingerprint density at radius 1 is 1.15 bits per heavy atom. The van der Waals surface area contributed by atoms with Crippen molar-refractivity contribution in [2.45, 2.75) is 73.5 Å². The first-order valence-corrected chi connectivity index (χ1v) is 11.5. The highest BCUT2D eigenvalue weighted by Crippen LogP contribution is 2.18. The fraction of sp³-hybridized carbons (Fsp3) is 0.444. The van der Waals surface area contributed by atoms with E-state index in [9.17, 15) is 9.59 Å². The number of hydrogen-bond donors (Lipinski definition) is 1. The van der Waals surface area contributed by atoms with E-state index in [4.69, 9.17) is 4.74 Å². The van der Waals surface area contributed by atoms with E-state index in [1.165, 1.54) is 5.57 Å². The summed E-state index contributed by atoms with van der Waals surface area (Å²) in [6.07, 6.45) is 7.09. The molecule has 0 spiro atoms. The molecule has 0 aliphatic carbocycles. The Labute approximate surface area is 197 Å². The zero-order chi connectivity index (χ0) is 24.6. The van der Waals surface area contributed by atoms with Crippen LogP contribution in [0.5, 0.6) is 0 Å². The Balaban J connectivity index is 2.03. The van der Waals surface area contributed by atoms with Gasteiger partial charge in [-0.05, 0) is 65.7 Å². The second-order valence-electron chi connectivity index (χ2n) is 9.15. The summed E-state index contributed by atoms with van der Waals surface area (Å²) in [7, 11) is 0. The van der Waals surface area contributed by atoms with Crippen molar-refractivity contribution in [2.75, 3.05) is 6.54 Å². The van der Waals surface area contributed by atoms with Crippen molar-refractivity contribution in [1.29, 1.82) is 0 Å². The number of carbonyl (C=O) groups excluding carboxylic acids is 2. The summed E-state index contributed by atoms with van der Waals surface area (Å²) in [6.45, 7) is 14.6. The van der Waals surface area contributed by atoms with E-state index in [-0.39, 0.29) is 18.3 Å². The molecular weight excluding hydrogens is 414 g/mol. The van der Waals surface area contributed by atoms with Gasteiger partial charge in [-0.25, -0.2) is 0 Å². The van der Waals surface area contributed by atoms with Crippen LogP contribution in [0.1, 0.15) is 73.9 Å². The van der Waals surface area contributed by atoms with Crippen molar-refractivity contribution in [2.24, 2.45) is 0 Å². The van der Waals surface area contributed by atoms with Crippen molar-refractivity contribution in [1.82, 2.24) is 15.1 Å². The Morgan fingerprint density at radius 3 is 2.39 bits per heavy atom. The number of nitrogens with one attached hydrogen (secondary N) is 1. The summed E-state index contributed by atoms with van der Waals surface area (Å²) in [5.41, 5.74) is 4.99. The fourth-order valence-electron chi connectivity index (χ4n) is 3.43. The molecule has 6 heteroatoms. The van der Waals surface area contributed by atoms with E-state index in [0.717, 1.165) is 28.9 Å². The van der Waals surface area contributed by atoms with Crippen LogP contribution in [-0.4, -0.2) is 33.8 Å². The average Bonchev–Trinajstić information content (AvgIpc) is 3.00. The molecule has 0 saturated heterocycles. The van der Waals surface area contributed by atoms with Crippen LogP contribution in [0.3, 0.4) is 0 Å². The minimum Gasteiger partial charge on any atom is -0.460 e. The predicted octanol–water partition coefficient (Wildman–Crippen LogP) is 5.07. The lowest BCUT2D eigenvalue weighted by Crippen LogP contribution is -2.25. The normalized spacial score (nSPS) is 12.3. The molecule has 1 N–H and O–H groups in total. The minimum atomic E-state index is -0.510. The smallest absolute Gasteiger partial charge is 0.310 e. The maximum Gasteiger partial charge on any atom is 0.310 e. The van der Waals surface area contributed by atoms with Crippen LogP contribution in [0, 0.1) is 13.8 Å². The molecule has 0 aliphatic heterocycles. The molecular formula is C27H37N3O3. The zero-order valence-electron chi connectivity index (χ0n) is 21.0. The van der Waals surface area contributed by atoms with E-state index in [2.05, 4.69) is 17.3 Å². The molecule has 178 valence electrons. The van der Waals surface area contributed by atoms with E-state index in [0.29, 0.717) is 18.7 Å². The first-order chi connectivity index (χ1) is 15.5. The maximum absolute atomic E-state index is 12.5. The number of aryl methyl sites for hydroxylation is 1. The third-order valence-electron chi connectivity index (χ3n) is 5.28. The molecule has 0 saturated carbocycles. The molecule has 2 rings (SSSR count). The Kier molecular flexibility index (Phi) is 9.21. The first kappa shape index (κ1) is 26.1. The fourth-order valence-corrected chi connectivity index (χ4v) is 3.43. The summed E-state index contributed by atoms with van der Waals surface area (Å²) in [5, 5.41) is 7.59. The highest BCUT2D eigenvalue weighted by Gasteiger charge is 2.20. The van der Waals surface area contributed by atoms with Gasteiger partial charge in [0.2, 0.25) is 0 Å². The third-order valence-corrected chi connectivity index (χ3v) is 5.28. The number of allylic oxidation sites excluding steroid dienone is 3. The monoisotopic (exact) mass is 451 g/mol. The number of benzene rings is 1. The van der Waals surface area contributed by atoms with Crippen molar-refractivity contribution >= 4 is 11.9 Å². The number of aromatic nitrogens is 2. The van der Waals surface area contributed by atoms with Crippen LogP contribution in [0.25, 0.3) is 0 Å². The largest absolute Gasteiger partial charge is 0.460 e. The van der Waals surface area contributed by atoms with Gasteiger partial charge in [0, 0.05) is 23.4 Å². The van der Waals surface area contributed by atoms with Gasteiger partial charge in [0.15, 0.2) is 0 Å². The highest BCUT2D eigenvalue weighted by atomic mass is 16.6. The average molecular weight is 452 g/mol. The van der Waals surface area contributed by atoms with Gasteiger partial charge in [-0.3, -0.25) is 14.3 Å². The lowest BCUT2D eigenvalue weighted by atomic mass is 10.1. The van der Waals surface area contributed by atoms with Crippen LogP contribution >= 0.6 is 0 Å². The second-order valence-corrected chi connectivity index (χ2v) is 9.15. The topological polar surface area (TPSA) is 73.2 Å². The van der Waals surface area contributed by atoms with Gasteiger partial charge in [-0.15, -0.1) is 0 Å². The molecule has 0 unspecified atom stereocenters. The van der Waals surface area contributed by atoms with E-state index >= 15 is 0 Å². The van der Waals surface area contributed by atoms with Gasteiger partial charge in [0.1, 0.15) is 5.60 Å². The molecule has 1 aromatic heterocycles. The van der Waals surface area contributed by atoms with Gasteiger partial charge in [-0.1, -0.05) is 42.9 Å². The quantitative estimate of drug-likeness (QED) is 0.426. The molecule has 1 aromatic carbocycles. The molecule has 2 aromatic rings. The molecule has 1 amide bonds. The van der Waals surface area contributed by atoms with E-state index in [1.807, 2.05) is 88.7 Å². The molecule has 6 nitrogen and oxygen atoms in total. The van der Waals surface area contributed by atoms with Gasteiger partial charge >= 0.3 is 5.97 Å². The lowest BCUT2D eigenvalue weighted by Gasteiger charge is -2.19. The Bertz CT molecular complexity index is 1020.